The molecule has 0 aliphatic rings. The van der Waals surface area contributed by atoms with Gasteiger partial charge >= 0.3 is 5.69 Å². The third kappa shape index (κ3) is 3.93. The largest absolute Gasteiger partial charge is 0.343 e. The van der Waals surface area contributed by atoms with Gasteiger partial charge in [-0.1, -0.05) is 18.2 Å². The Labute approximate surface area is 136 Å². The molecule has 0 aliphatic carbocycles. The van der Waals surface area contributed by atoms with Gasteiger partial charge in [-0.2, -0.15) is 5.10 Å². The van der Waals surface area contributed by atoms with E-state index in [9.17, 15) is 9.18 Å². The van der Waals surface area contributed by atoms with Crippen LogP contribution in [0.25, 0.3) is 12.2 Å². The molecule has 0 amide bonds. The summed E-state index contributed by atoms with van der Waals surface area (Å²) in [6.45, 7) is 0.494. The molecule has 0 saturated heterocycles. The number of rotatable bonds is 4. The number of aromatic amines is 1. The van der Waals surface area contributed by atoms with E-state index in [4.69, 9.17) is 0 Å². The molecule has 22 heavy (non-hydrogen) atoms. The summed E-state index contributed by atoms with van der Waals surface area (Å²) in [6, 6.07) is 10.4. The third-order valence-electron chi connectivity index (χ3n) is 2.92. The summed E-state index contributed by atoms with van der Waals surface area (Å²) >= 11 is 1.58. The van der Waals surface area contributed by atoms with Gasteiger partial charge in [-0.3, -0.25) is 4.57 Å². The van der Waals surface area contributed by atoms with Crippen LogP contribution >= 0.6 is 23.7 Å². The summed E-state index contributed by atoms with van der Waals surface area (Å²) in [5.74, 6) is -0.247. The molecule has 114 valence electrons. The summed E-state index contributed by atoms with van der Waals surface area (Å²) in [7, 11) is 0. The lowest BCUT2D eigenvalue weighted by Crippen LogP contribution is -2.16. The first kappa shape index (κ1) is 16.2. The predicted molar refractivity (Wildman–Crippen MR) is 88.8 cm³/mol. The van der Waals surface area contributed by atoms with Crippen LogP contribution in [0.15, 0.2) is 47.5 Å². The van der Waals surface area contributed by atoms with Crippen molar-refractivity contribution in [2.45, 2.75) is 6.54 Å². The van der Waals surface area contributed by atoms with Crippen LogP contribution in [0.3, 0.4) is 0 Å². The highest BCUT2D eigenvalue weighted by Gasteiger charge is 2.02. The second-order valence-corrected chi connectivity index (χ2v) is 5.68. The first-order valence-electron chi connectivity index (χ1n) is 6.33. The second kappa shape index (κ2) is 7.20. The molecule has 4 nitrogen and oxygen atoms in total. The summed E-state index contributed by atoms with van der Waals surface area (Å²) < 4.78 is 14.6. The first-order valence-corrected chi connectivity index (χ1v) is 7.14. The molecule has 0 atom stereocenters. The number of halogens is 2. The average molecular weight is 338 g/mol. The minimum absolute atomic E-state index is 0. The van der Waals surface area contributed by atoms with Gasteiger partial charge in [0.15, 0.2) is 0 Å². The third-order valence-corrected chi connectivity index (χ3v) is 3.95. The van der Waals surface area contributed by atoms with Crippen LogP contribution in [0.4, 0.5) is 4.39 Å². The molecule has 0 saturated carbocycles. The molecule has 7 heteroatoms. The minimum atomic E-state index is -0.247. The number of aromatic nitrogens is 3. The van der Waals surface area contributed by atoms with Crippen LogP contribution in [-0.4, -0.2) is 14.8 Å². The zero-order valence-electron chi connectivity index (χ0n) is 11.4. The lowest BCUT2D eigenvalue weighted by atomic mass is 10.2. The van der Waals surface area contributed by atoms with E-state index in [0.29, 0.717) is 6.54 Å². The number of benzene rings is 1. The van der Waals surface area contributed by atoms with Crippen molar-refractivity contribution in [3.63, 3.8) is 0 Å². The second-order valence-electron chi connectivity index (χ2n) is 4.48. The van der Waals surface area contributed by atoms with Gasteiger partial charge in [-0.15, -0.1) is 23.7 Å². The van der Waals surface area contributed by atoms with Crippen LogP contribution in [0.2, 0.25) is 0 Å². The number of H-pyrrole nitrogens is 1. The lowest BCUT2D eigenvalue weighted by Gasteiger charge is -1.95. The van der Waals surface area contributed by atoms with Crippen molar-refractivity contribution in [2.75, 3.05) is 0 Å². The van der Waals surface area contributed by atoms with E-state index >= 15 is 0 Å². The van der Waals surface area contributed by atoms with Crippen molar-refractivity contribution in [3.8, 4) is 0 Å². The first-order chi connectivity index (χ1) is 10.2. The summed E-state index contributed by atoms with van der Waals surface area (Å²) in [5.41, 5.74) is 0.594. The summed E-state index contributed by atoms with van der Waals surface area (Å²) in [4.78, 5) is 13.5. The van der Waals surface area contributed by atoms with Gasteiger partial charge in [0.2, 0.25) is 0 Å². The van der Waals surface area contributed by atoms with Gasteiger partial charge in [0.1, 0.15) is 12.1 Å². The predicted octanol–water partition coefficient (Wildman–Crippen LogP) is 3.41. The molecule has 2 heterocycles. The molecule has 1 N–H and O–H groups in total. The number of hydrogen-bond donors (Lipinski definition) is 1. The fraction of sp³-hybridized carbons (Fsp3) is 0.0667. The molecule has 2 aromatic heterocycles. The van der Waals surface area contributed by atoms with Crippen molar-refractivity contribution in [1.29, 1.82) is 0 Å². The Kier molecular flexibility index (Phi) is 5.30. The standard InChI is InChI=1S/C15H12FN3OS.ClH/c16-12-3-1-2-11(8-12)4-5-13-6-7-14(21-13)9-19-10-17-18-15(19)20;/h1-8,10H,9H2,(H,18,20);1H/b5-4+;. The Morgan fingerprint density at radius 1 is 1.27 bits per heavy atom. The maximum atomic E-state index is 13.1. The van der Waals surface area contributed by atoms with Gasteiger partial charge in [-0.25, -0.2) is 14.3 Å². The Bertz CT molecular complexity index is 837. The van der Waals surface area contributed by atoms with Crippen LogP contribution in [0.5, 0.6) is 0 Å². The maximum Gasteiger partial charge on any atom is 0.343 e. The number of thiophene rings is 1. The molecule has 0 aliphatic heterocycles. The van der Waals surface area contributed by atoms with Crippen LogP contribution in [0.1, 0.15) is 15.3 Å². The van der Waals surface area contributed by atoms with Gasteiger partial charge in [0.05, 0.1) is 6.54 Å². The molecule has 0 spiro atoms. The highest BCUT2D eigenvalue weighted by Crippen LogP contribution is 2.20. The molecule has 3 aromatic rings. The van der Waals surface area contributed by atoms with Crippen molar-refractivity contribution in [3.05, 3.63) is 74.3 Å². The summed E-state index contributed by atoms with van der Waals surface area (Å²) in [5, 5.41) is 6.05. The molecule has 0 bridgehead atoms. The fourth-order valence-electron chi connectivity index (χ4n) is 1.91. The maximum absolute atomic E-state index is 13.1. The Morgan fingerprint density at radius 2 is 2.14 bits per heavy atom. The van der Waals surface area contributed by atoms with E-state index in [1.807, 2.05) is 30.4 Å². The minimum Gasteiger partial charge on any atom is -0.276 e. The smallest absolute Gasteiger partial charge is 0.276 e. The average Bonchev–Trinajstić information content (AvgIpc) is 3.07. The van der Waals surface area contributed by atoms with Crippen molar-refractivity contribution < 1.29 is 4.39 Å². The molecule has 0 unspecified atom stereocenters. The van der Waals surface area contributed by atoms with Gasteiger partial charge in [0, 0.05) is 9.75 Å². The lowest BCUT2D eigenvalue weighted by molar-refractivity contribution is 0.627. The Balaban J connectivity index is 0.00000176. The SMILES string of the molecule is Cl.O=c1[nH]ncn1Cc1ccc(/C=C/c2cccc(F)c2)s1. The quantitative estimate of drug-likeness (QED) is 0.793. The number of nitrogens with one attached hydrogen (secondary N) is 1. The molecule has 0 fully saturated rings. The number of hydrogen-bond acceptors (Lipinski definition) is 3. The van der Waals surface area contributed by atoms with Crippen LogP contribution in [0, 0.1) is 5.82 Å². The van der Waals surface area contributed by atoms with Gasteiger partial charge < -0.3 is 0 Å². The highest BCUT2D eigenvalue weighted by atomic mass is 35.5. The highest BCUT2D eigenvalue weighted by molar-refractivity contribution is 7.12. The van der Waals surface area contributed by atoms with Crippen molar-refractivity contribution in [1.82, 2.24) is 14.8 Å². The zero-order valence-corrected chi connectivity index (χ0v) is 13.0. The Hall–Kier alpha value is -2.18. The van der Waals surface area contributed by atoms with Gasteiger partial charge in [-0.05, 0) is 35.9 Å². The van der Waals surface area contributed by atoms with Gasteiger partial charge in [0.25, 0.3) is 0 Å². The van der Waals surface area contributed by atoms with E-state index in [1.165, 1.54) is 23.0 Å². The summed E-state index contributed by atoms with van der Waals surface area (Å²) in [6.07, 6.45) is 5.27. The van der Waals surface area contributed by atoms with Crippen LogP contribution in [-0.2, 0) is 6.54 Å². The van der Waals surface area contributed by atoms with E-state index < -0.39 is 0 Å². The number of nitrogens with zero attached hydrogens (tertiary/aromatic N) is 2. The fourth-order valence-corrected chi connectivity index (χ4v) is 2.82. The molecule has 1 aromatic carbocycles. The molecular formula is C15H13ClFN3OS. The van der Waals surface area contributed by atoms with E-state index in [0.717, 1.165) is 15.3 Å². The topological polar surface area (TPSA) is 50.7 Å². The normalized spacial score (nSPS) is 10.8. The van der Waals surface area contributed by atoms with Crippen molar-refractivity contribution >= 4 is 35.9 Å². The molecule has 0 radical (unpaired) electrons. The zero-order chi connectivity index (χ0) is 14.7. The van der Waals surface area contributed by atoms with E-state index in [1.54, 1.807) is 17.4 Å². The van der Waals surface area contributed by atoms with Crippen molar-refractivity contribution in [2.24, 2.45) is 0 Å². The monoisotopic (exact) mass is 337 g/mol. The van der Waals surface area contributed by atoms with E-state index in [2.05, 4.69) is 10.2 Å². The molecule has 3 rings (SSSR count). The molecular weight excluding hydrogens is 325 g/mol. The van der Waals surface area contributed by atoms with Crippen LogP contribution < -0.4 is 5.69 Å². The Morgan fingerprint density at radius 3 is 2.86 bits per heavy atom. The van der Waals surface area contributed by atoms with E-state index in [-0.39, 0.29) is 23.9 Å².